The van der Waals surface area contributed by atoms with Gasteiger partial charge in [0.25, 0.3) is 0 Å². The quantitative estimate of drug-likeness (QED) is 0.319. The summed E-state index contributed by atoms with van der Waals surface area (Å²) in [6, 6.07) is 11.8. The Bertz CT molecular complexity index is 1240. The third kappa shape index (κ3) is 6.63. The van der Waals surface area contributed by atoms with Crippen LogP contribution in [-0.2, 0) is 21.3 Å². The molecule has 0 spiro atoms. The normalized spacial score (nSPS) is 10.7. The van der Waals surface area contributed by atoms with Gasteiger partial charge in [-0.05, 0) is 48.4 Å². The van der Waals surface area contributed by atoms with E-state index in [1.807, 2.05) is 31.3 Å². The Balaban J connectivity index is 1.68. The lowest BCUT2D eigenvalue weighted by Gasteiger charge is -2.11. The van der Waals surface area contributed by atoms with Gasteiger partial charge in [-0.1, -0.05) is 25.6 Å². The number of aromatic nitrogens is 3. The number of rotatable bonds is 10. The molecule has 0 radical (unpaired) electrons. The molecule has 3 aromatic rings. The molecular weight excluding hydrogens is 484 g/mol. The number of benzene rings is 2. The van der Waals surface area contributed by atoms with Crippen LogP contribution in [0.3, 0.4) is 0 Å². The highest BCUT2D eigenvalue weighted by Gasteiger charge is 2.18. The molecule has 2 aromatic carbocycles. The van der Waals surface area contributed by atoms with Gasteiger partial charge < -0.3 is 24.1 Å². The highest BCUT2D eigenvalue weighted by Crippen LogP contribution is 2.25. The first-order chi connectivity index (χ1) is 17.2. The number of methoxy groups -OCH3 is 2. The largest absolute Gasteiger partial charge is 0.493 e. The number of nitrogens with one attached hydrogen (secondary N) is 1. The minimum Gasteiger partial charge on any atom is -0.493 e. The Hall–Kier alpha value is -3.86. The van der Waals surface area contributed by atoms with Crippen LogP contribution in [0, 0.1) is 5.92 Å². The topological polar surface area (TPSA) is 122 Å². The Kier molecular flexibility index (Phi) is 9.07. The third-order valence-electron chi connectivity index (χ3n) is 4.98. The number of thioether (sulfide) groups is 1. The van der Waals surface area contributed by atoms with Crippen molar-refractivity contribution in [3.8, 4) is 17.1 Å². The fourth-order valence-electron chi connectivity index (χ4n) is 3.15. The molecule has 0 aliphatic rings. The van der Waals surface area contributed by atoms with Crippen LogP contribution < -0.4 is 10.1 Å². The van der Waals surface area contributed by atoms with E-state index in [9.17, 15) is 14.4 Å². The van der Waals surface area contributed by atoms with Crippen molar-refractivity contribution < 1.29 is 28.6 Å². The van der Waals surface area contributed by atoms with Crippen molar-refractivity contribution in [2.45, 2.75) is 19.0 Å². The molecule has 0 saturated carbocycles. The zero-order valence-electron chi connectivity index (χ0n) is 20.7. The highest BCUT2D eigenvalue weighted by molar-refractivity contribution is 7.99. The van der Waals surface area contributed by atoms with E-state index in [-0.39, 0.29) is 22.6 Å². The van der Waals surface area contributed by atoms with Gasteiger partial charge in [-0.2, -0.15) is 0 Å². The molecular formula is C25H28N4O6S. The smallest absolute Gasteiger partial charge is 0.339 e. The molecule has 1 N–H and O–H groups in total. The summed E-state index contributed by atoms with van der Waals surface area (Å²) in [6.45, 7) is 4.82. The number of hydrogen-bond acceptors (Lipinski definition) is 9. The van der Waals surface area contributed by atoms with E-state index in [0.717, 1.165) is 11.3 Å². The predicted octanol–water partition coefficient (Wildman–Crippen LogP) is 3.82. The second-order valence-electron chi connectivity index (χ2n) is 8.17. The lowest BCUT2D eigenvalue weighted by atomic mass is 10.1. The van der Waals surface area contributed by atoms with Crippen molar-refractivity contribution in [1.29, 1.82) is 0 Å². The van der Waals surface area contributed by atoms with E-state index < -0.39 is 17.8 Å². The molecule has 0 fully saturated rings. The first-order valence-electron chi connectivity index (χ1n) is 11.1. The van der Waals surface area contributed by atoms with Gasteiger partial charge in [-0.3, -0.25) is 4.79 Å². The summed E-state index contributed by atoms with van der Waals surface area (Å²) < 4.78 is 17.0. The number of nitrogens with zero attached hydrogens (tertiary/aromatic N) is 3. The standard InChI is InChI=1S/C25H28N4O6S/c1-15(2)13-35-18-9-6-16(7-10-18)22-27-28-25(29(22)3)36-14-21(30)26-20-12-17(23(31)33-4)8-11-19(20)24(32)34-5/h6-12,15H,13-14H2,1-5H3,(H,26,30). The van der Waals surface area contributed by atoms with Gasteiger partial charge in [-0.25, -0.2) is 9.59 Å². The molecule has 0 bridgehead atoms. The number of hydrogen-bond donors (Lipinski definition) is 1. The summed E-state index contributed by atoms with van der Waals surface area (Å²) in [5.41, 5.74) is 1.31. The van der Waals surface area contributed by atoms with Crippen molar-refractivity contribution in [3.05, 3.63) is 53.6 Å². The number of amides is 1. The molecule has 0 aliphatic carbocycles. The molecule has 1 amide bonds. The molecule has 0 atom stereocenters. The fourth-order valence-corrected chi connectivity index (χ4v) is 3.86. The van der Waals surface area contributed by atoms with Crippen LogP contribution in [-0.4, -0.2) is 59.2 Å². The minimum atomic E-state index is -0.645. The lowest BCUT2D eigenvalue weighted by Crippen LogP contribution is -2.18. The molecule has 10 nitrogen and oxygen atoms in total. The average molecular weight is 513 g/mol. The van der Waals surface area contributed by atoms with Crippen LogP contribution in [0.5, 0.6) is 5.75 Å². The Morgan fingerprint density at radius 2 is 1.69 bits per heavy atom. The van der Waals surface area contributed by atoms with Crippen LogP contribution in [0.25, 0.3) is 11.4 Å². The summed E-state index contributed by atoms with van der Waals surface area (Å²) in [5, 5.41) is 11.6. The minimum absolute atomic E-state index is 0.00296. The average Bonchev–Trinajstić information content (AvgIpc) is 3.25. The molecule has 3 rings (SSSR count). The van der Waals surface area contributed by atoms with E-state index in [2.05, 4.69) is 29.4 Å². The Morgan fingerprint density at radius 1 is 1.00 bits per heavy atom. The molecule has 1 heterocycles. The zero-order valence-corrected chi connectivity index (χ0v) is 21.5. The van der Waals surface area contributed by atoms with Gasteiger partial charge in [0, 0.05) is 12.6 Å². The monoisotopic (exact) mass is 512 g/mol. The van der Waals surface area contributed by atoms with Crippen LogP contribution in [0.2, 0.25) is 0 Å². The van der Waals surface area contributed by atoms with Crippen molar-refractivity contribution in [2.75, 3.05) is 31.9 Å². The van der Waals surface area contributed by atoms with Gasteiger partial charge in [0.1, 0.15) is 5.75 Å². The molecule has 0 saturated heterocycles. The zero-order chi connectivity index (χ0) is 26.2. The van der Waals surface area contributed by atoms with E-state index in [1.54, 1.807) is 4.57 Å². The maximum absolute atomic E-state index is 12.7. The maximum atomic E-state index is 12.7. The first kappa shape index (κ1) is 26.7. The van der Waals surface area contributed by atoms with E-state index in [0.29, 0.717) is 23.5 Å². The SMILES string of the molecule is COC(=O)c1ccc(C(=O)OC)c(NC(=O)CSc2nnc(-c3ccc(OCC(C)C)cc3)n2C)c1. The van der Waals surface area contributed by atoms with Gasteiger partial charge in [-0.15, -0.1) is 10.2 Å². The Labute approximate surface area is 213 Å². The molecule has 0 unspecified atom stereocenters. The lowest BCUT2D eigenvalue weighted by molar-refractivity contribution is -0.113. The molecule has 1 aromatic heterocycles. The third-order valence-corrected chi connectivity index (χ3v) is 6.00. The van der Waals surface area contributed by atoms with Crippen LogP contribution in [0.15, 0.2) is 47.6 Å². The van der Waals surface area contributed by atoms with E-state index in [4.69, 9.17) is 14.2 Å². The molecule has 190 valence electrons. The second kappa shape index (κ2) is 12.2. The van der Waals surface area contributed by atoms with Crippen LogP contribution in [0.1, 0.15) is 34.6 Å². The first-order valence-corrected chi connectivity index (χ1v) is 12.1. The number of esters is 2. The highest BCUT2D eigenvalue weighted by atomic mass is 32.2. The molecule has 11 heteroatoms. The predicted molar refractivity (Wildman–Crippen MR) is 135 cm³/mol. The number of anilines is 1. The van der Waals surface area contributed by atoms with Crippen LogP contribution >= 0.6 is 11.8 Å². The Morgan fingerprint density at radius 3 is 2.33 bits per heavy atom. The summed E-state index contributed by atoms with van der Waals surface area (Å²) >= 11 is 1.18. The van der Waals surface area contributed by atoms with Crippen LogP contribution in [0.4, 0.5) is 5.69 Å². The number of carbonyl (C=O) groups is 3. The number of carbonyl (C=O) groups excluding carboxylic acids is 3. The molecule has 0 aliphatic heterocycles. The summed E-state index contributed by atoms with van der Waals surface area (Å²) in [7, 11) is 4.29. The van der Waals surface area contributed by atoms with Gasteiger partial charge in [0.15, 0.2) is 11.0 Å². The van der Waals surface area contributed by atoms with Gasteiger partial charge >= 0.3 is 11.9 Å². The van der Waals surface area contributed by atoms with E-state index in [1.165, 1.54) is 44.2 Å². The van der Waals surface area contributed by atoms with Crippen molar-refractivity contribution in [2.24, 2.45) is 13.0 Å². The van der Waals surface area contributed by atoms with Crippen molar-refractivity contribution >= 4 is 35.3 Å². The second-order valence-corrected chi connectivity index (χ2v) is 9.12. The maximum Gasteiger partial charge on any atom is 0.339 e. The summed E-state index contributed by atoms with van der Waals surface area (Å²) in [6.07, 6.45) is 0. The fraction of sp³-hybridized carbons (Fsp3) is 0.320. The van der Waals surface area contributed by atoms with Gasteiger partial charge in [0.05, 0.1) is 43.4 Å². The summed E-state index contributed by atoms with van der Waals surface area (Å²) in [5.74, 6) is 0.218. The molecule has 36 heavy (non-hydrogen) atoms. The van der Waals surface area contributed by atoms with Crippen molar-refractivity contribution in [1.82, 2.24) is 14.8 Å². The number of ether oxygens (including phenoxy) is 3. The summed E-state index contributed by atoms with van der Waals surface area (Å²) in [4.78, 5) is 36.6. The van der Waals surface area contributed by atoms with Crippen molar-refractivity contribution in [3.63, 3.8) is 0 Å². The van der Waals surface area contributed by atoms with Gasteiger partial charge in [0.2, 0.25) is 5.91 Å². The van der Waals surface area contributed by atoms with E-state index >= 15 is 0 Å².